The number of benzene rings is 2. The zero-order valence-corrected chi connectivity index (χ0v) is 15.8. The molecule has 1 saturated heterocycles. The van der Waals surface area contributed by atoms with E-state index in [1.807, 2.05) is 47.0 Å². The van der Waals surface area contributed by atoms with E-state index in [1.165, 1.54) is 0 Å². The normalized spacial score (nSPS) is 17.9. The van der Waals surface area contributed by atoms with Crippen molar-refractivity contribution in [3.05, 3.63) is 59.7 Å². The number of likely N-dealkylation sites (N-methyl/N-ethyl adjacent to an activating group) is 1. The fraction of sp³-hybridized carbons (Fsp3) is 0.273. The van der Waals surface area contributed by atoms with Crippen LogP contribution in [0.3, 0.4) is 0 Å². The van der Waals surface area contributed by atoms with E-state index >= 15 is 0 Å². The first kappa shape index (κ1) is 17.2. The lowest BCUT2D eigenvalue weighted by Gasteiger charge is -2.32. The number of carbonyl (C=O) groups is 1. The third-order valence-corrected chi connectivity index (χ3v) is 5.71. The van der Waals surface area contributed by atoms with Gasteiger partial charge in [-0.3, -0.25) is 14.3 Å². The highest BCUT2D eigenvalue weighted by Gasteiger charge is 2.31. The lowest BCUT2D eigenvalue weighted by molar-refractivity contribution is 0.106. The van der Waals surface area contributed by atoms with Crippen LogP contribution in [-0.2, 0) is 6.67 Å². The zero-order valence-electron chi connectivity index (χ0n) is 15.8. The predicted octanol–water partition coefficient (Wildman–Crippen LogP) is 2.87. The van der Waals surface area contributed by atoms with Gasteiger partial charge in [-0.05, 0) is 25.2 Å². The molecule has 1 fully saturated rings. The minimum Gasteiger partial charge on any atom is -0.494 e. The number of Topliss-reactive ketones (excluding diaryl/α,β-unsaturated/α-hetero) is 1. The summed E-state index contributed by atoms with van der Waals surface area (Å²) in [6, 6.07) is 15.2. The van der Waals surface area contributed by atoms with Gasteiger partial charge in [0.2, 0.25) is 11.7 Å². The van der Waals surface area contributed by atoms with Gasteiger partial charge < -0.3 is 10.0 Å². The number of piperazine rings is 1. The molecule has 5 rings (SSSR count). The largest absolute Gasteiger partial charge is 0.494 e. The van der Waals surface area contributed by atoms with E-state index in [-0.39, 0.29) is 11.7 Å². The molecule has 0 aliphatic carbocycles. The van der Waals surface area contributed by atoms with Crippen molar-refractivity contribution in [1.29, 1.82) is 0 Å². The second kappa shape index (κ2) is 6.58. The SMILES string of the molecule is CN1CCN(Cn2c(O)c(C3=Nc4ccccc4C3=O)c3ccccc32)CC1. The van der Waals surface area contributed by atoms with Gasteiger partial charge in [-0.15, -0.1) is 0 Å². The van der Waals surface area contributed by atoms with E-state index in [0.717, 1.165) is 37.1 Å². The molecule has 1 N–H and O–H groups in total. The van der Waals surface area contributed by atoms with Crippen LogP contribution in [0.2, 0.25) is 0 Å². The Balaban J connectivity index is 1.60. The number of ketones is 1. The molecule has 2 aliphatic heterocycles. The summed E-state index contributed by atoms with van der Waals surface area (Å²) in [6.45, 7) is 4.50. The topological polar surface area (TPSA) is 61.1 Å². The molecule has 3 aromatic rings. The number of hydrogen-bond acceptors (Lipinski definition) is 5. The number of nitrogens with zero attached hydrogens (tertiary/aromatic N) is 4. The summed E-state index contributed by atoms with van der Waals surface area (Å²) in [5.41, 5.74) is 3.03. The van der Waals surface area contributed by atoms with Gasteiger partial charge in [0.25, 0.3) is 0 Å². The Bertz CT molecular complexity index is 1110. The van der Waals surface area contributed by atoms with E-state index in [0.29, 0.717) is 29.2 Å². The molecule has 142 valence electrons. The van der Waals surface area contributed by atoms with Gasteiger partial charge >= 0.3 is 0 Å². The molecular formula is C22H22N4O2. The maximum Gasteiger partial charge on any atom is 0.214 e. The van der Waals surface area contributed by atoms with Gasteiger partial charge in [0, 0.05) is 37.1 Å². The van der Waals surface area contributed by atoms with Crippen molar-refractivity contribution < 1.29 is 9.90 Å². The van der Waals surface area contributed by atoms with Crippen LogP contribution in [0, 0.1) is 0 Å². The molecule has 6 nitrogen and oxygen atoms in total. The van der Waals surface area contributed by atoms with E-state index in [2.05, 4.69) is 21.8 Å². The van der Waals surface area contributed by atoms with Crippen LogP contribution >= 0.6 is 0 Å². The van der Waals surface area contributed by atoms with Gasteiger partial charge in [-0.25, -0.2) is 4.99 Å². The summed E-state index contributed by atoms with van der Waals surface area (Å²) in [7, 11) is 2.12. The minimum absolute atomic E-state index is 0.111. The molecule has 0 saturated carbocycles. The number of carbonyl (C=O) groups excluding carboxylic acids is 1. The molecule has 0 spiro atoms. The summed E-state index contributed by atoms with van der Waals surface area (Å²) in [5.74, 6) is -0.0200. The molecule has 28 heavy (non-hydrogen) atoms. The highest BCUT2D eigenvalue weighted by atomic mass is 16.3. The molecule has 2 aliphatic rings. The lowest BCUT2D eigenvalue weighted by Crippen LogP contribution is -2.44. The minimum atomic E-state index is -0.131. The van der Waals surface area contributed by atoms with E-state index in [4.69, 9.17) is 0 Å². The van der Waals surface area contributed by atoms with Crippen molar-refractivity contribution in [2.45, 2.75) is 6.67 Å². The molecule has 0 atom stereocenters. The van der Waals surface area contributed by atoms with Crippen molar-refractivity contribution >= 4 is 28.1 Å². The smallest absolute Gasteiger partial charge is 0.214 e. The lowest BCUT2D eigenvalue weighted by atomic mass is 10.0. The Hall–Kier alpha value is -2.96. The van der Waals surface area contributed by atoms with Crippen LogP contribution in [0.5, 0.6) is 5.88 Å². The molecule has 2 aromatic carbocycles. The van der Waals surface area contributed by atoms with E-state index in [1.54, 1.807) is 6.07 Å². The first-order valence-electron chi connectivity index (χ1n) is 9.57. The number of fused-ring (bicyclic) bond motifs is 2. The molecule has 6 heteroatoms. The molecular weight excluding hydrogens is 352 g/mol. The number of para-hydroxylation sites is 2. The van der Waals surface area contributed by atoms with Gasteiger partial charge in [0.15, 0.2) is 0 Å². The van der Waals surface area contributed by atoms with Crippen molar-refractivity contribution in [2.24, 2.45) is 4.99 Å². The van der Waals surface area contributed by atoms with Crippen molar-refractivity contribution in [2.75, 3.05) is 33.2 Å². The van der Waals surface area contributed by atoms with Gasteiger partial charge in [-0.2, -0.15) is 0 Å². The fourth-order valence-corrected chi connectivity index (χ4v) is 4.09. The Labute approximate surface area is 163 Å². The number of aromatic hydroxyl groups is 1. The van der Waals surface area contributed by atoms with E-state index in [9.17, 15) is 9.90 Å². The van der Waals surface area contributed by atoms with E-state index < -0.39 is 0 Å². The highest BCUT2D eigenvalue weighted by molar-refractivity contribution is 6.56. The summed E-state index contributed by atoms with van der Waals surface area (Å²) in [6.07, 6.45) is 0. The summed E-state index contributed by atoms with van der Waals surface area (Å²) < 4.78 is 1.90. The second-order valence-electron chi connectivity index (χ2n) is 7.51. The molecule has 0 amide bonds. The van der Waals surface area contributed by atoms with Crippen LogP contribution in [0.4, 0.5) is 5.69 Å². The Kier molecular flexibility index (Phi) is 4.03. The number of aromatic nitrogens is 1. The molecule has 0 radical (unpaired) electrons. The Morgan fingerprint density at radius 3 is 2.50 bits per heavy atom. The number of hydrogen-bond donors (Lipinski definition) is 1. The Morgan fingerprint density at radius 2 is 1.71 bits per heavy atom. The van der Waals surface area contributed by atoms with Crippen LogP contribution in [-0.4, -0.2) is 64.2 Å². The summed E-state index contributed by atoms with van der Waals surface area (Å²) >= 11 is 0. The summed E-state index contributed by atoms with van der Waals surface area (Å²) in [4.78, 5) is 22.1. The summed E-state index contributed by atoms with van der Waals surface area (Å²) in [5, 5.41) is 12.0. The van der Waals surface area contributed by atoms with Crippen molar-refractivity contribution in [1.82, 2.24) is 14.4 Å². The third-order valence-electron chi connectivity index (χ3n) is 5.71. The second-order valence-corrected chi connectivity index (χ2v) is 7.51. The molecule has 1 aromatic heterocycles. The van der Waals surface area contributed by atoms with Crippen molar-refractivity contribution in [3.63, 3.8) is 0 Å². The quantitative estimate of drug-likeness (QED) is 0.766. The fourth-order valence-electron chi connectivity index (χ4n) is 4.09. The molecule has 0 bridgehead atoms. The van der Waals surface area contributed by atoms with Gasteiger partial charge in [0.1, 0.15) is 5.71 Å². The maximum absolute atomic E-state index is 13.0. The number of aliphatic imine (C=N–C) groups is 1. The third kappa shape index (κ3) is 2.65. The van der Waals surface area contributed by atoms with Crippen LogP contribution in [0.1, 0.15) is 15.9 Å². The standard InChI is InChI=1S/C22H22N4O2/c1-24-10-12-25(13-11-24)14-26-18-9-5-3-7-16(18)19(22(26)28)20-21(27)15-6-2-4-8-17(15)23-20/h2-9,28H,10-14H2,1H3. The molecule has 0 unspecified atom stereocenters. The van der Waals surface area contributed by atoms with Crippen LogP contribution in [0.15, 0.2) is 53.5 Å². The monoisotopic (exact) mass is 374 g/mol. The maximum atomic E-state index is 13.0. The van der Waals surface area contributed by atoms with Crippen molar-refractivity contribution in [3.8, 4) is 5.88 Å². The first-order valence-corrected chi connectivity index (χ1v) is 9.57. The zero-order chi connectivity index (χ0) is 19.3. The van der Waals surface area contributed by atoms with Crippen LogP contribution in [0.25, 0.3) is 10.9 Å². The number of rotatable bonds is 3. The van der Waals surface area contributed by atoms with Gasteiger partial charge in [-0.1, -0.05) is 30.3 Å². The first-order chi connectivity index (χ1) is 13.6. The van der Waals surface area contributed by atoms with Gasteiger partial charge in [0.05, 0.1) is 23.4 Å². The Morgan fingerprint density at radius 1 is 1.00 bits per heavy atom. The average molecular weight is 374 g/mol. The predicted molar refractivity (Wildman–Crippen MR) is 110 cm³/mol. The highest BCUT2D eigenvalue weighted by Crippen LogP contribution is 2.37. The van der Waals surface area contributed by atoms with Crippen LogP contribution < -0.4 is 0 Å². The molecule has 3 heterocycles. The average Bonchev–Trinajstić information content (AvgIpc) is 3.18.